The molecule has 0 saturated carbocycles. The molecule has 5 nitrogen and oxygen atoms in total. The van der Waals surface area contributed by atoms with E-state index in [1.54, 1.807) is 14.0 Å². The fraction of sp³-hybridized carbons (Fsp3) is 0.158. The van der Waals surface area contributed by atoms with Crippen molar-refractivity contribution < 1.29 is 9.53 Å². The molecule has 24 heavy (non-hydrogen) atoms. The van der Waals surface area contributed by atoms with Crippen LogP contribution in [0, 0.1) is 0 Å². The number of ether oxygens (including phenoxy) is 1. The fourth-order valence-electron chi connectivity index (χ4n) is 2.89. The van der Waals surface area contributed by atoms with Crippen molar-refractivity contribution in [2.75, 3.05) is 7.11 Å². The van der Waals surface area contributed by atoms with Crippen LogP contribution in [0.3, 0.4) is 0 Å². The molecule has 3 N–H and O–H groups in total. The summed E-state index contributed by atoms with van der Waals surface area (Å²) in [5.74, 6) is 0.885. The Bertz CT molecular complexity index is 826. The molecule has 1 aliphatic rings. The largest absolute Gasteiger partial charge is 0.496 e. The Labute approximate surface area is 140 Å². The highest BCUT2D eigenvalue weighted by Crippen LogP contribution is 2.38. The Morgan fingerprint density at radius 2 is 1.79 bits per heavy atom. The lowest BCUT2D eigenvalue weighted by atomic mass is 9.90. The van der Waals surface area contributed by atoms with Gasteiger partial charge in [-0.2, -0.15) is 0 Å². The molecule has 0 aliphatic carbocycles. The van der Waals surface area contributed by atoms with Gasteiger partial charge in [-0.3, -0.25) is 4.79 Å². The predicted molar refractivity (Wildman–Crippen MR) is 94.5 cm³/mol. The molecule has 122 valence electrons. The van der Waals surface area contributed by atoms with E-state index in [2.05, 4.69) is 10.3 Å². The Morgan fingerprint density at radius 1 is 1.12 bits per heavy atom. The lowest BCUT2D eigenvalue weighted by molar-refractivity contribution is -0.113. The maximum atomic E-state index is 12.4. The highest BCUT2D eigenvalue weighted by Gasteiger charge is 2.30. The third kappa shape index (κ3) is 2.88. The Morgan fingerprint density at radius 3 is 2.46 bits per heavy atom. The highest BCUT2D eigenvalue weighted by molar-refractivity contribution is 6.07. The highest BCUT2D eigenvalue weighted by atomic mass is 16.5. The maximum Gasteiger partial charge on any atom is 0.194 e. The molecule has 2 aromatic carbocycles. The molecule has 0 aromatic heterocycles. The van der Waals surface area contributed by atoms with Gasteiger partial charge in [-0.05, 0) is 18.6 Å². The van der Waals surface area contributed by atoms with Gasteiger partial charge in [0.1, 0.15) is 11.8 Å². The molecule has 2 aromatic rings. The summed E-state index contributed by atoms with van der Waals surface area (Å²) in [5, 5.41) is 3.05. The molecule has 0 amide bonds. The Balaban J connectivity index is 2.21. The number of nitrogens with zero attached hydrogens (tertiary/aromatic N) is 1. The van der Waals surface area contributed by atoms with Gasteiger partial charge in [0.15, 0.2) is 11.7 Å². The van der Waals surface area contributed by atoms with E-state index in [0.29, 0.717) is 17.0 Å². The number of guanidine groups is 1. The number of nitrogens with one attached hydrogen (secondary N) is 1. The molecule has 1 atom stereocenters. The molecule has 1 aliphatic heterocycles. The number of hydrogen-bond acceptors (Lipinski definition) is 5. The van der Waals surface area contributed by atoms with Crippen molar-refractivity contribution in [1.82, 2.24) is 5.32 Å². The Hall–Kier alpha value is -3.08. The van der Waals surface area contributed by atoms with Crippen molar-refractivity contribution in [3.63, 3.8) is 0 Å². The van der Waals surface area contributed by atoms with Crippen LogP contribution in [0.25, 0.3) is 5.70 Å². The van der Waals surface area contributed by atoms with E-state index in [4.69, 9.17) is 10.5 Å². The first-order valence-corrected chi connectivity index (χ1v) is 7.65. The second-order valence-corrected chi connectivity index (χ2v) is 5.49. The number of nitrogens with two attached hydrogens (primary N) is 1. The van der Waals surface area contributed by atoms with Crippen molar-refractivity contribution in [3.8, 4) is 5.75 Å². The van der Waals surface area contributed by atoms with Gasteiger partial charge in [0.05, 0.1) is 12.8 Å². The summed E-state index contributed by atoms with van der Waals surface area (Å²) in [6.45, 7) is 1.54. The fourth-order valence-corrected chi connectivity index (χ4v) is 2.89. The SMILES string of the molecule is COc1ccccc1C1N=C(N)NC(c2ccccc2)=C1C(C)=O. The van der Waals surface area contributed by atoms with Gasteiger partial charge in [0.25, 0.3) is 0 Å². The number of benzene rings is 2. The number of Topliss-reactive ketones (excluding diaryl/α,β-unsaturated/α-hetero) is 1. The summed E-state index contributed by atoms with van der Waals surface area (Å²) < 4.78 is 5.44. The van der Waals surface area contributed by atoms with E-state index >= 15 is 0 Å². The van der Waals surface area contributed by atoms with Gasteiger partial charge in [-0.25, -0.2) is 4.99 Å². The zero-order valence-corrected chi connectivity index (χ0v) is 13.6. The van der Waals surface area contributed by atoms with E-state index < -0.39 is 6.04 Å². The summed E-state index contributed by atoms with van der Waals surface area (Å²) >= 11 is 0. The van der Waals surface area contributed by atoms with E-state index in [9.17, 15) is 4.79 Å². The van der Waals surface area contributed by atoms with Gasteiger partial charge in [0.2, 0.25) is 0 Å². The first-order chi connectivity index (χ1) is 11.6. The second kappa shape index (κ2) is 6.58. The van der Waals surface area contributed by atoms with Crippen molar-refractivity contribution >= 4 is 17.4 Å². The molecular formula is C19H19N3O2. The number of para-hydroxylation sites is 1. The van der Waals surface area contributed by atoms with Crippen LogP contribution in [0.2, 0.25) is 0 Å². The summed E-state index contributed by atoms with van der Waals surface area (Å²) in [4.78, 5) is 16.9. The number of methoxy groups -OCH3 is 1. The van der Waals surface area contributed by atoms with Crippen LogP contribution < -0.4 is 15.8 Å². The third-order valence-corrected chi connectivity index (χ3v) is 3.94. The van der Waals surface area contributed by atoms with Gasteiger partial charge >= 0.3 is 0 Å². The van der Waals surface area contributed by atoms with Crippen LogP contribution in [-0.2, 0) is 4.79 Å². The number of aliphatic imine (C=N–C) groups is 1. The maximum absolute atomic E-state index is 12.4. The number of carbonyl (C=O) groups is 1. The molecule has 5 heteroatoms. The number of ketones is 1. The van der Waals surface area contributed by atoms with Gasteiger partial charge in [0, 0.05) is 11.1 Å². The van der Waals surface area contributed by atoms with E-state index in [1.165, 1.54) is 0 Å². The van der Waals surface area contributed by atoms with Crippen LogP contribution in [0.4, 0.5) is 0 Å². The standard InChI is InChI=1S/C19H19N3O2/c1-12(23)16-17(13-8-4-3-5-9-13)21-19(20)22-18(16)14-10-6-7-11-15(14)24-2/h3-11,18H,1-2H3,(H3,20,21,22). The second-order valence-electron chi connectivity index (χ2n) is 5.49. The monoisotopic (exact) mass is 321 g/mol. The molecule has 0 fully saturated rings. The molecule has 3 rings (SSSR count). The lowest BCUT2D eigenvalue weighted by Gasteiger charge is -2.27. The van der Waals surface area contributed by atoms with E-state index in [1.807, 2.05) is 54.6 Å². The predicted octanol–water partition coefficient (Wildman–Crippen LogP) is 2.65. The summed E-state index contributed by atoms with van der Waals surface area (Å²) in [7, 11) is 1.60. The van der Waals surface area contributed by atoms with Crippen LogP contribution in [0.1, 0.15) is 24.1 Å². The summed E-state index contributed by atoms with van der Waals surface area (Å²) in [5.41, 5.74) is 8.95. The first kappa shape index (κ1) is 15.8. The van der Waals surface area contributed by atoms with Crippen LogP contribution in [0.5, 0.6) is 5.75 Å². The molecule has 0 bridgehead atoms. The molecule has 0 saturated heterocycles. The first-order valence-electron chi connectivity index (χ1n) is 7.65. The minimum atomic E-state index is -0.505. The zero-order valence-electron chi connectivity index (χ0n) is 13.6. The smallest absolute Gasteiger partial charge is 0.194 e. The zero-order chi connectivity index (χ0) is 17.1. The van der Waals surface area contributed by atoms with E-state index in [-0.39, 0.29) is 11.7 Å². The molecule has 0 radical (unpaired) electrons. The average Bonchev–Trinajstić information content (AvgIpc) is 2.61. The van der Waals surface area contributed by atoms with Crippen molar-refractivity contribution in [2.45, 2.75) is 13.0 Å². The molecule has 1 heterocycles. The van der Waals surface area contributed by atoms with Gasteiger partial charge in [-0.15, -0.1) is 0 Å². The molecule has 0 spiro atoms. The number of hydrogen-bond donors (Lipinski definition) is 2. The topological polar surface area (TPSA) is 76.7 Å². The van der Waals surface area contributed by atoms with Gasteiger partial charge in [-0.1, -0.05) is 48.5 Å². The summed E-state index contributed by atoms with van der Waals surface area (Å²) in [6.07, 6.45) is 0. The van der Waals surface area contributed by atoms with E-state index in [0.717, 1.165) is 11.1 Å². The average molecular weight is 321 g/mol. The van der Waals surface area contributed by atoms with Crippen LogP contribution in [-0.4, -0.2) is 18.9 Å². The normalized spacial score (nSPS) is 17.1. The quantitative estimate of drug-likeness (QED) is 0.907. The van der Waals surface area contributed by atoms with Gasteiger partial charge < -0.3 is 15.8 Å². The van der Waals surface area contributed by atoms with Crippen LogP contribution >= 0.6 is 0 Å². The van der Waals surface area contributed by atoms with Crippen LogP contribution in [0.15, 0.2) is 65.2 Å². The minimum Gasteiger partial charge on any atom is -0.496 e. The van der Waals surface area contributed by atoms with Crippen molar-refractivity contribution in [3.05, 3.63) is 71.3 Å². The number of rotatable bonds is 4. The molecular weight excluding hydrogens is 302 g/mol. The van der Waals surface area contributed by atoms with Crippen molar-refractivity contribution in [2.24, 2.45) is 10.7 Å². The number of carbonyl (C=O) groups excluding carboxylic acids is 1. The lowest BCUT2D eigenvalue weighted by Crippen LogP contribution is -2.36. The van der Waals surface area contributed by atoms with Crippen molar-refractivity contribution in [1.29, 1.82) is 0 Å². The Kier molecular flexibility index (Phi) is 4.33. The summed E-state index contributed by atoms with van der Waals surface area (Å²) in [6, 6.07) is 16.7. The third-order valence-electron chi connectivity index (χ3n) is 3.94. The minimum absolute atomic E-state index is 0.0616. The molecule has 1 unspecified atom stereocenters.